The van der Waals surface area contributed by atoms with Gasteiger partial charge in [0.05, 0.1) is 30.4 Å². The predicted molar refractivity (Wildman–Crippen MR) is 124 cm³/mol. The number of aromatic nitrogens is 1. The summed E-state index contributed by atoms with van der Waals surface area (Å²) in [4.78, 5) is 18.0. The number of carbonyl (C=O) groups excluding carboxylic acids is 1. The van der Waals surface area contributed by atoms with Crippen LogP contribution in [0.3, 0.4) is 0 Å². The van der Waals surface area contributed by atoms with Gasteiger partial charge in [0, 0.05) is 22.4 Å². The number of aliphatic hydroxyl groups is 2. The molecule has 1 saturated carbocycles. The molecule has 7 nitrogen and oxygen atoms in total. The highest BCUT2D eigenvalue weighted by molar-refractivity contribution is 14.1. The van der Waals surface area contributed by atoms with Crippen LogP contribution in [0.15, 0.2) is 30.5 Å². The zero-order valence-corrected chi connectivity index (χ0v) is 19.6. The summed E-state index contributed by atoms with van der Waals surface area (Å²) in [7, 11) is 0. The fraction of sp³-hybridized carbons (Fsp3) is 0.455. The molecule has 10 heteroatoms. The Morgan fingerprint density at radius 2 is 2.06 bits per heavy atom. The molecule has 0 radical (unpaired) electrons. The third-order valence-electron chi connectivity index (χ3n) is 6.14. The maximum absolute atomic E-state index is 14.5. The van der Waals surface area contributed by atoms with Crippen LogP contribution in [0.4, 0.5) is 20.2 Å². The van der Waals surface area contributed by atoms with Crippen molar-refractivity contribution in [3.05, 3.63) is 51.4 Å². The van der Waals surface area contributed by atoms with Gasteiger partial charge in [0.2, 0.25) is 5.95 Å². The first kappa shape index (κ1) is 23.3. The van der Waals surface area contributed by atoms with Crippen LogP contribution in [0.1, 0.15) is 30.1 Å². The Morgan fingerprint density at radius 1 is 1.31 bits per heavy atom. The van der Waals surface area contributed by atoms with E-state index in [1.54, 1.807) is 6.07 Å². The first-order valence-electron chi connectivity index (χ1n) is 10.4. The number of halogens is 3. The number of hydrogen-bond acceptors (Lipinski definition) is 6. The van der Waals surface area contributed by atoms with E-state index >= 15 is 0 Å². The van der Waals surface area contributed by atoms with E-state index in [4.69, 9.17) is 0 Å². The Kier molecular flexibility index (Phi) is 6.66. The Hall–Kier alpha value is -1.89. The summed E-state index contributed by atoms with van der Waals surface area (Å²) in [5.41, 5.74) is -1.25. The van der Waals surface area contributed by atoms with Crippen molar-refractivity contribution >= 4 is 39.9 Å². The Balaban J connectivity index is 1.41. The van der Waals surface area contributed by atoms with E-state index in [0.29, 0.717) is 16.5 Å². The molecule has 1 aliphatic carbocycles. The second-order valence-electron chi connectivity index (χ2n) is 8.75. The number of hydrogen-bond donors (Lipinski definition) is 4. The SMILES string of the molecule is C[C@@H]1CC(NCC2(O)CN(C(=O)c3ccnc(F)c3Nc3ccc(I)cc3F)C2)C[C@@H]1O. The summed E-state index contributed by atoms with van der Waals surface area (Å²) < 4.78 is 29.4. The van der Waals surface area contributed by atoms with Gasteiger partial charge in [-0.2, -0.15) is 4.39 Å². The van der Waals surface area contributed by atoms with Crippen molar-refractivity contribution in [1.29, 1.82) is 0 Å². The van der Waals surface area contributed by atoms with Crippen molar-refractivity contribution in [3.8, 4) is 0 Å². The molecule has 172 valence electrons. The number of carbonyl (C=O) groups is 1. The fourth-order valence-corrected chi connectivity index (χ4v) is 4.73. The van der Waals surface area contributed by atoms with E-state index < -0.39 is 23.3 Å². The third-order valence-corrected chi connectivity index (χ3v) is 6.81. The average Bonchev–Trinajstić information content (AvgIpc) is 3.04. The van der Waals surface area contributed by atoms with Gasteiger partial charge in [-0.15, -0.1) is 0 Å². The Morgan fingerprint density at radius 3 is 2.72 bits per heavy atom. The molecule has 2 fully saturated rings. The predicted octanol–water partition coefficient (Wildman–Crippen LogP) is 2.64. The van der Waals surface area contributed by atoms with Gasteiger partial charge in [0.1, 0.15) is 17.1 Å². The van der Waals surface area contributed by atoms with Crippen molar-refractivity contribution in [1.82, 2.24) is 15.2 Å². The monoisotopic (exact) mass is 558 g/mol. The molecule has 1 aliphatic heterocycles. The van der Waals surface area contributed by atoms with E-state index in [1.807, 2.05) is 29.5 Å². The number of anilines is 2. The summed E-state index contributed by atoms with van der Waals surface area (Å²) in [6, 6.07) is 5.92. The van der Waals surface area contributed by atoms with Crippen molar-refractivity contribution < 1.29 is 23.8 Å². The van der Waals surface area contributed by atoms with E-state index in [0.717, 1.165) is 6.42 Å². The van der Waals surface area contributed by atoms with Gasteiger partial charge in [-0.05, 0) is 65.6 Å². The molecule has 3 atom stereocenters. The lowest BCUT2D eigenvalue weighted by molar-refractivity contribution is -0.0798. The minimum absolute atomic E-state index is 0.0122. The number of pyridine rings is 1. The van der Waals surface area contributed by atoms with Crippen LogP contribution >= 0.6 is 22.6 Å². The van der Waals surface area contributed by atoms with Crippen molar-refractivity contribution in [3.63, 3.8) is 0 Å². The molecule has 4 N–H and O–H groups in total. The molecule has 4 rings (SSSR count). The topological polar surface area (TPSA) is 97.7 Å². The first-order chi connectivity index (χ1) is 15.1. The maximum atomic E-state index is 14.5. The number of nitrogens with one attached hydrogen (secondary N) is 2. The van der Waals surface area contributed by atoms with Crippen LogP contribution in [0, 0.1) is 21.3 Å². The van der Waals surface area contributed by atoms with Crippen LogP contribution in [-0.4, -0.2) is 63.4 Å². The Labute approximate surface area is 198 Å². The fourth-order valence-electron chi connectivity index (χ4n) is 4.28. The number of nitrogens with zero attached hydrogens (tertiary/aromatic N) is 2. The van der Waals surface area contributed by atoms with Crippen LogP contribution in [0.25, 0.3) is 0 Å². The molecule has 1 unspecified atom stereocenters. The summed E-state index contributed by atoms with van der Waals surface area (Å²) in [6.45, 7) is 2.47. The summed E-state index contributed by atoms with van der Waals surface area (Å²) in [6.07, 6.45) is 2.31. The van der Waals surface area contributed by atoms with Gasteiger partial charge in [-0.1, -0.05) is 6.92 Å². The van der Waals surface area contributed by atoms with E-state index in [9.17, 15) is 23.8 Å². The highest BCUT2D eigenvalue weighted by Crippen LogP contribution is 2.31. The quantitative estimate of drug-likeness (QED) is 0.322. The maximum Gasteiger partial charge on any atom is 0.256 e. The van der Waals surface area contributed by atoms with Crippen molar-refractivity contribution in [2.24, 2.45) is 5.92 Å². The standard InChI is InChI=1S/C22H25F2IN4O3/c1-12-6-14(8-18(12)30)27-9-22(32)10-29(11-22)21(31)15-4-5-26-20(24)19(15)28-17-3-2-13(25)7-16(17)23/h2-5,7,12,14,18,27-28,30,32H,6,8-11H2,1H3/t12-,14?,18+/m1/s1. The molecule has 2 aliphatic rings. The van der Waals surface area contributed by atoms with Crippen LogP contribution in [-0.2, 0) is 0 Å². The van der Waals surface area contributed by atoms with Gasteiger partial charge in [-0.25, -0.2) is 9.37 Å². The summed E-state index contributed by atoms with van der Waals surface area (Å²) in [5.74, 6) is -1.75. The van der Waals surface area contributed by atoms with Crippen molar-refractivity contribution in [2.75, 3.05) is 25.0 Å². The number of benzene rings is 1. The number of likely N-dealkylation sites (tertiary alicyclic amines) is 1. The lowest BCUT2D eigenvalue weighted by atomic mass is 9.92. The number of rotatable bonds is 6. The number of β-amino-alcohol motifs (C(OH)–C–C–N with tert-alkyl or cyclic N) is 1. The van der Waals surface area contributed by atoms with E-state index in [2.05, 4.69) is 15.6 Å². The van der Waals surface area contributed by atoms with Gasteiger partial charge in [0.25, 0.3) is 5.91 Å². The Bertz CT molecular complexity index is 1010. The second kappa shape index (κ2) is 9.16. The smallest absolute Gasteiger partial charge is 0.256 e. The molecule has 0 bridgehead atoms. The summed E-state index contributed by atoms with van der Waals surface area (Å²) in [5, 5.41) is 26.5. The molecule has 1 amide bonds. The van der Waals surface area contributed by atoms with Gasteiger partial charge < -0.3 is 25.7 Å². The number of amides is 1. The lowest BCUT2D eigenvalue weighted by Gasteiger charge is -2.47. The van der Waals surface area contributed by atoms with Gasteiger partial charge >= 0.3 is 0 Å². The van der Waals surface area contributed by atoms with Crippen LogP contribution in [0.5, 0.6) is 0 Å². The minimum Gasteiger partial charge on any atom is -0.393 e. The molecular formula is C22H25F2IN4O3. The van der Waals surface area contributed by atoms with Crippen LogP contribution < -0.4 is 10.6 Å². The van der Waals surface area contributed by atoms with Gasteiger partial charge in [-0.3, -0.25) is 4.79 Å². The highest BCUT2D eigenvalue weighted by atomic mass is 127. The molecule has 2 aromatic rings. The molecule has 32 heavy (non-hydrogen) atoms. The second-order valence-corrected chi connectivity index (χ2v) is 10.00. The molecule has 1 aromatic heterocycles. The normalized spacial score (nSPS) is 24.3. The summed E-state index contributed by atoms with van der Waals surface area (Å²) >= 11 is 1.97. The highest BCUT2D eigenvalue weighted by Gasteiger charge is 2.45. The third kappa shape index (κ3) is 4.87. The largest absolute Gasteiger partial charge is 0.393 e. The lowest BCUT2D eigenvalue weighted by Crippen LogP contribution is -2.67. The molecule has 1 saturated heterocycles. The zero-order valence-electron chi connectivity index (χ0n) is 17.5. The van der Waals surface area contributed by atoms with E-state index in [-0.39, 0.29) is 48.1 Å². The van der Waals surface area contributed by atoms with E-state index in [1.165, 1.54) is 29.3 Å². The molecule has 0 spiro atoms. The minimum atomic E-state index is -1.09. The van der Waals surface area contributed by atoms with Crippen molar-refractivity contribution in [2.45, 2.75) is 37.5 Å². The molecule has 1 aromatic carbocycles. The molecule has 2 heterocycles. The first-order valence-corrected chi connectivity index (χ1v) is 11.5. The van der Waals surface area contributed by atoms with Crippen LogP contribution in [0.2, 0.25) is 0 Å². The number of aliphatic hydroxyl groups excluding tert-OH is 1. The molecular weight excluding hydrogens is 533 g/mol. The zero-order chi connectivity index (χ0) is 23.0. The van der Waals surface area contributed by atoms with Gasteiger partial charge in [0.15, 0.2) is 0 Å². The average molecular weight is 558 g/mol.